The molecule has 2 atom stereocenters. The zero-order chi connectivity index (χ0) is 14.6. The van der Waals surface area contributed by atoms with E-state index in [9.17, 15) is 8.42 Å². The van der Waals surface area contributed by atoms with Gasteiger partial charge in [-0.25, -0.2) is 13.1 Å². The smallest absolute Gasteiger partial charge is 0.240 e. The molecule has 5 nitrogen and oxygen atoms in total. The summed E-state index contributed by atoms with van der Waals surface area (Å²) in [5.74, 6) is 0.578. The molecule has 1 aliphatic heterocycles. The number of rotatable bonds is 5. The molecule has 0 saturated carbocycles. The summed E-state index contributed by atoms with van der Waals surface area (Å²) in [4.78, 5) is 0.259. The average molecular weight is 298 g/mol. The number of sulfonamides is 1. The summed E-state index contributed by atoms with van der Waals surface area (Å²) >= 11 is 0. The van der Waals surface area contributed by atoms with E-state index in [1.807, 2.05) is 6.92 Å². The molecular formula is C14H22N2O3S. The van der Waals surface area contributed by atoms with Crippen molar-refractivity contribution in [2.24, 2.45) is 0 Å². The lowest BCUT2D eigenvalue weighted by molar-refractivity contribution is 0.339. The minimum absolute atomic E-state index is 0.00741. The van der Waals surface area contributed by atoms with Crippen LogP contribution in [-0.4, -0.2) is 33.7 Å². The van der Waals surface area contributed by atoms with Crippen molar-refractivity contribution in [3.05, 3.63) is 24.3 Å². The number of nitrogens with one attached hydrogen (secondary N) is 2. The predicted molar refractivity (Wildman–Crippen MR) is 78.4 cm³/mol. The normalized spacial score (nSPS) is 23.5. The third-order valence-electron chi connectivity index (χ3n) is 3.37. The van der Waals surface area contributed by atoms with Crippen LogP contribution in [0.3, 0.4) is 0 Å². The number of piperidine rings is 1. The number of hydrogen-bond donors (Lipinski definition) is 2. The fourth-order valence-electron chi connectivity index (χ4n) is 2.42. The molecule has 1 heterocycles. The van der Waals surface area contributed by atoms with Gasteiger partial charge in [-0.3, -0.25) is 0 Å². The quantitative estimate of drug-likeness (QED) is 0.864. The first-order valence-corrected chi connectivity index (χ1v) is 8.48. The van der Waals surface area contributed by atoms with Gasteiger partial charge >= 0.3 is 0 Å². The highest BCUT2D eigenvalue weighted by atomic mass is 32.2. The van der Waals surface area contributed by atoms with Gasteiger partial charge in [0.15, 0.2) is 0 Å². The van der Waals surface area contributed by atoms with Gasteiger partial charge in [-0.2, -0.15) is 0 Å². The van der Waals surface area contributed by atoms with E-state index < -0.39 is 10.0 Å². The van der Waals surface area contributed by atoms with Gasteiger partial charge in [0, 0.05) is 18.2 Å². The van der Waals surface area contributed by atoms with Gasteiger partial charge in [0.25, 0.3) is 0 Å². The maximum absolute atomic E-state index is 12.4. The van der Waals surface area contributed by atoms with E-state index in [0.717, 1.165) is 19.4 Å². The van der Waals surface area contributed by atoms with Gasteiger partial charge < -0.3 is 10.1 Å². The number of hydrogen-bond acceptors (Lipinski definition) is 4. The Balaban J connectivity index is 2.11. The Morgan fingerprint density at radius 1 is 1.45 bits per heavy atom. The van der Waals surface area contributed by atoms with Gasteiger partial charge in [-0.1, -0.05) is 6.07 Å². The third kappa shape index (κ3) is 3.94. The second kappa shape index (κ2) is 6.56. The molecule has 1 aromatic carbocycles. The van der Waals surface area contributed by atoms with Gasteiger partial charge in [0.2, 0.25) is 10.0 Å². The summed E-state index contributed by atoms with van der Waals surface area (Å²) in [6, 6.07) is 6.95. The van der Waals surface area contributed by atoms with Gasteiger partial charge in [-0.15, -0.1) is 0 Å². The number of ether oxygens (including phenoxy) is 1. The molecule has 1 saturated heterocycles. The predicted octanol–water partition coefficient (Wildman–Crippen LogP) is 1.50. The summed E-state index contributed by atoms with van der Waals surface area (Å²) in [6.07, 6.45) is 1.62. The molecule has 112 valence electrons. The van der Waals surface area contributed by atoms with Crippen LogP contribution in [-0.2, 0) is 10.0 Å². The molecule has 20 heavy (non-hydrogen) atoms. The highest BCUT2D eigenvalue weighted by Crippen LogP contribution is 2.19. The Kier molecular flexibility index (Phi) is 5.01. The molecule has 0 spiro atoms. The summed E-state index contributed by atoms with van der Waals surface area (Å²) < 4.78 is 32.9. The maximum Gasteiger partial charge on any atom is 0.240 e. The molecule has 1 aromatic rings. The first-order chi connectivity index (χ1) is 9.51. The lowest BCUT2D eigenvalue weighted by Crippen LogP contribution is -2.46. The molecule has 6 heteroatoms. The first-order valence-electron chi connectivity index (χ1n) is 7.00. The van der Waals surface area contributed by atoms with E-state index in [4.69, 9.17) is 4.74 Å². The Hall–Kier alpha value is -1.11. The van der Waals surface area contributed by atoms with Crippen LogP contribution in [0.5, 0.6) is 5.75 Å². The van der Waals surface area contributed by atoms with Crippen molar-refractivity contribution >= 4 is 10.0 Å². The van der Waals surface area contributed by atoms with Crippen molar-refractivity contribution in [3.63, 3.8) is 0 Å². The van der Waals surface area contributed by atoms with E-state index in [2.05, 4.69) is 17.0 Å². The number of benzene rings is 1. The third-order valence-corrected chi connectivity index (χ3v) is 4.89. The zero-order valence-corrected chi connectivity index (χ0v) is 12.7. The fraction of sp³-hybridized carbons (Fsp3) is 0.571. The molecular weight excluding hydrogens is 276 g/mol. The fourth-order valence-corrected chi connectivity index (χ4v) is 3.74. The molecule has 2 N–H and O–H groups in total. The minimum Gasteiger partial charge on any atom is -0.494 e. The molecule has 0 bridgehead atoms. The Labute approximate surface area is 120 Å². The summed E-state index contributed by atoms with van der Waals surface area (Å²) in [6.45, 7) is 5.29. The molecule has 1 fully saturated rings. The van der Waals surface area contributed by atoms with Crippen LogP contribution in [0.4, 0.5) is 0 Å². The standard InChI is InChI=1S/C14H22N2O3S/c1-3-19-13-5-4-6-14(10-13)20(17,18)16-12-7-8-15-11(2)9-12/h4-6,10-12,15-16H,3,7-9H2,1-2H3. The van der Waals surface area contributed by atoms with Crippen LogP contribution in [0.25, 0.3) is 0 Å². The molecule has 2 rings (SSSR count). The van der Waals surface area contributed by atoms with E-state index >= 15 is 0 Å². The van der Waals surface area contributed by atoms with Crippen LogP contribution in [0.1, 0.15) is 26.7 Å². The second-order valence-electron chi connectivity index (χ2n) is 5.11. The molecule has 0 aromatic heterocycles. The minimum atomic E-state index is -3.48. The second-order valence-corrected chi connectivity index (χ2v) is 6.82. The van der Waals surface area contributed by atoms with Crippen molar-refractivity contribution in [1.82, 2.24) is 10.0 Å². The van der Waals surface area contributed by atoms with Gasteiger partial charge in [0.05, 0.1) is 11.5 Å². The maximum atomic E-state index is 12.4. The molecule has 0 radical (unpaired) electrons. The lowest BCUT2D eigenvalue weighted by atomic mass is 10.0. The summed E-state index contributed by atoms with van der Waals surface area (Å²) in [5, 5.41) is 3.31. The van der Waals surface area contributed by atoms with Crippen LogP contribution >= 0.6 is 0 Å². The van der Waals surface area contributed by atoms with Gasteiger partial charge in [0.1, 0.15) is 5.75 Å². The Bertz CT molecular complexity index is 545. The highest BCUT2D eigenvalue weighted by Gasteiger charge is 2.24. The van der Waals surface area contributed by atoms with Crippen molar-refractivity contribution in [1.29, 1.82) is 0 Å². The van der Waals surface area contributed by atoms with Crippen LogP contribution in [0.2, 0.25) is 0 Å². The van der Waals surface area contributed by atoms with Crippen molar-refractivity contribution in [2.75, 3.05) is 13.2 Å². The summed E-state index contributed by atoms with van der Waals surface area (Å²) in [7, 11) is -3.48. The molecule has 0 amide bonds. The van der Waals surface area contributed by atoms with Crippen molar-refractivity contribution in [2.45, 2.75) is 43.7 Å². The lowest BCUT2D eigenvalue weighted by Gasteiger charge is -2.28. The Morgan fingerprint density at radius 2 is 2.25 bits per heavy atom. The van der Waals surface area contributed by atoms with E-state index in [1.165, 1.54) is 0 Å². The molecule has 1 aliphatic rings. The SMILES string of the molecule is CCOc1cccc(S(=O)(=O)NC2CCNC(C)C2)c1. The Morgan fingerprint density at radius 3 is 2.95 bits per heavy atom. The summed E-state index contributed by atoms with van der Waals surface area (Å²) in [5.41, 5.74) is 0. The molecule has 0 aliphatic carbocycles. The first kappa shape index (κ1) is 15.3. The van der Waals surface area contributed by atoms with E-state index in [1.54, 1.807) is 24.3 Å². The average Bonchev–Trinajstić information content (AvgIpc) is 2.39. The monoisotopic (exact) mass is 298 g/mol. The van der Waals surface area contributed by atoms with Crippen LogP contribution in [0, 0.1) is 0 Å². The van der Waals surface area contributed by atoms with Gasteiger partial charge in [-0.05, 0) is 45.4 Å². The van der Waals surface area contributed by atoms with Crippen LogP contribution in [0.15, 0.2) is 29.2 Å². The highest BCUT2D eigenvalue weighted by molar-refractivity contribution is 7.89. The zero-order valence-electron chi connectivity index (χ0n) is 11.9. The van der Waals surface area contributed by atoms with E-state index in [-0.39, 0.29) is 10.9 Å². The van der Waals surface area contributed by atoms with E-state index in [0.29, 0.717) is 18.4 Å². The largest absolute Gasteiger partial charge is 0.494 e. The topological polar surface area (TPSA) is 67.4 Å². The van der Waals surface area contributed by atoms with Crippen LogP contribution < -0.4 is 14.8 Å². The van der Waals surface area contributed by atoms with Crippen molar-refractivity contribution < 1.29 is 13.2 Å². The van der Waals surface area contributed by atoms with Crippen molar-refractivity contribution in [3.8, 4) is 5.75 Å². The molecule has 2 unspecified atom stereocenters.